The molecule has 1 rings (SSSR count). The van der Waals surface area contributed by atoms with E-state index in [1.54, 1.807) is 19.2 Å². The van der Waals surface area contributed by atoms with Gasteiger partial charge in [-0.15, -0.1) is 0 Å². The van der Waals surface area contributed by atoms with Crippen molar-refractivity contribution in [1.82, 2.24) is 5.32 Å². The summed E-state index contributed by atoms with van der Waals surface area (Å²) in [5, 5.41) is 2.92. The number of furan rings is 1. The molecule has 1 aromatic heterocycles. The minimum atomic E-state index is -2.43. The highest BCUT2D eigenvalue weighted by Gasteiger charge is 2.04. The van der Waals surface area contributed by atoms with Crippen molar-refractivity contribution in [2.45, 2.75) is 19.6 Å². The Hall–Kier alpha value is -0.940. The van der Waals surface area contributed by atoms with Crippen molar-refractivity contribution in [3.63, 3.8) is 0 Å². The number of nitrogens with one attached hydrogen (secondary N) is 1. The predicted molar refractivity (Wildman–Crippen MR) is 47.1 cm³/mol. The van der Waals surface area contributed by atoms with Crippen molar-refractivity contribution in [3.8, 4) is 0 Å². The van der Waals surface area contributed by atoms with Crippen LogP contribution >= 0.6 is 0 Å². The lowest BCUT2D eigenvalue weighted by atomic mass is 10.4. The molecule has 5 heteroatoms. The lowest BCUT2D eigenvalue weighted by Crippen LogP contribution is -2.04. The molecule has 0 radical (unpaired) electrons. The molecule has 0 atom stereocenters. The van der Waals surface area contributed by atoms with Gasteiger partial charge in [-0.1, -0.05) is 0 Å². The maximum atomic E-state index is 11.7. The molecule has 0 aromatic carbocycles. The van der Waals surface area contributed by atoms with E-state index in [9.17, 15) is 8.78 Å². The van der Waals surface area contributed by atoms with E-state index in [0.717, 1.165) is 5.76 Å². The predicted octanol–water partition coefficient (Wildman–Crippen LogP) is 1.78. The number of alkyl halides is 2. The van der Waals surface area contributed by atoms with Gasteiger partial charge in [0, 0.05) is 0 Å². The normalized spacial score (nSPS) is 11.1. The Balaban J connectivity index is 2.28. The van der Waals surface area contributed by atoms with Crippen LogP contribution in [0, 0.1) is 0 Å². The fourth-order valence-corrected chi connectivity index (χ4v) is 1.02. The fourth-order valence-electron chi connectivity index (χ4n) is 1.02. The van der Waals surface area contributed by atoms with Gasteiger partial charge in [0.2, 0.25) is 0 Å². The highest BCUT2D eigenvalue weighted by atomic mass is 19.3. The van der Waals surface area contributed by atoms with Crippen LogP contribution in [0.1, 0.15) is 11.5 Å². The van der Waals surface area contributed by atoms with Gasteiger partial charge >= 0.3 is 0 Å². The molecule has 0 aliphatic carbocycles. The average molecular weight is 205 g/mol. The van der Waals surface area contributed by atoms with Crippen LogP contribution in [0.4, 0.5) is 8.78 Å². The van der Waals surface area contributed by atoms with E-state index in [1.807, 2.05) is 0 Å². The molecule has 0 unspecified atom stereocenters. The molecule has 0 amide bonds. The molecule has 80 valence electrons. The van der Waals surface area contributed by atoms with Crippen molar-refractivity contribution in [1.29, 1.82) is 0 Å². The molecule has 14 heavy (non-hydrogen) atoms. The minimum absolute atomic E-state index is 0.0913. The van der Waals surface area contributed by atoms with Gasteiger partial charge in [0.25, 0.3) is 6.43 Å². The Bertz CT molecular complexity index is 263. The summed E-state index contributed by atoms with van der Waals surface area (Å²) in [6.45, 7) is 0.158. The van der Waals surface area contributed by atoms with Gasteiger partial charge in [-0.2, -0.15) is 0 Å². The van der Waals surface area contributed by atoms with Gasteiger partial charge in [0.05, 0.1) is 6.54 Å². The topological polar surface area (TPSA) is 34.4 Å². The van der Waals surface area contributed by atoms with Crippen LogP contribution in [0.2, 0.25) is 0 Å². The van der Waals surface area contributed by atoms with Crippen molar-refractivity contribution >= 4 is 0 Å². The molecule has 0 bridgehead atoms. The number of halogens is 2. The lowest BCUT2D eigenvalue weighted by molar-refractivity contribution is 0.00427. The average Bonchev–Trinajstić information content (AvgIpc) is 2.53. The van der Waals surface area contributed by atoms with Gasteiger partial charge in [0.15, 0.2) is 0 Å². The monoisotopic (exact) mass is 205 g/mol. The molecule has 0 saturated heterocycles. The van der Waals surface area contributed by atoms with Gasteiger partial charge in [0.1, 0.15) is 24.7 Å². The molecule has 0 fully saturated rings. The van der Waals surface area contributed by atoms with Gasteiger partial charge in [-0.05, 0) is 19.2 Å². The zero-order valence-electron chi connectivity index (χ0n) is 7.93. The largest absolute Gasteiger partial charge is 0.462 e. The number of hydrogen-bond donors (Lipinski definition) is 1. The van der Waals surface area contributed by atoms with Crippen molar-refractivity contribution in [3.05, 3.63) is 23.7 Å². The van der Waals surface area contributed by atoms with Crippen LogP contribution in [0.25, 0.3) is 0 Å². The Kier molecular flexibility index (Phi) is 4.55. The number of ether oxygens (including phenoxy) is 1. The van der Waals surface area contributed by atoms with Crippen LogP contribution in [-0.2, 0) is 17.9 Å². The summed E-state index contributed by atoms with van der Waals surface area (Å²) in [6, 6.07) is 3.51. The molecule has 0 saturated carbocycles. The summed E-state index contributed by atoms with van der Waals surface area (Å²) in [5.41, 5.74) is 0. The lowest BCUT2D eigenvalue weighted by Gasteiger charge is -2.00. The Morgan fingerprint density at radius 2 is 2.14 bits per heavy atom. The van der Waals surface area contributed by atoms with Crippen LogP contribution in [0.5, 0.6) is 0 Å². The molecular formula is C9H13F2NO2. The Morgan fingerprint density at radius 3 is 2.79 bits per heavy atom. The quantitative estimate of drug-likeness (QED) is 0.768. The summed E-state index contributed by atoms with van der Waals surface area (Å²) >= 11 is 0. The second-order valence-corrected chi connectivity index (χ2v) is 2.80. The fraction of sp³-hybridized carbons (Fsp3) is 0.556. The molecule has 0 aliphatic heterocycles. The molecule has 1 heterocycles. The summed E-state index contributed by atoms with van der Waals surface area (Å²) in [4.78, 5) is 0. The van der Waals surface area contributed by atoms with Crippen molar-refractivity contribution in [2.75, 3.05) is 13.7 Å². The highest BCUT2D eigenvalue weighted by molar-refractivity contribution is 5.06. The van der Waals surface area contributed by atoms with Crippen LogP contribution in [-0.4, -0.2) is 20.1 Å². The highest BCUT2D eigenvalue weighted by Crippen LogP contribution is 2.09. The molecular weight excluding hydrogens is 192 g/mol. The first-order valence-electron chi connectivity index (χ1n) is 4.30. The van der Waals surface area contributed by atoms with Crippen LogP contribution in [0.3, 0.4) is 0 Å². The standard InChI is InChI=1S/C9H13F2NO2/c1-12-4-7-2-3-8(14-7)5-13-6-9(10)11/h2-3,9,12H,4-6H2,1H3. The smallest absolute Gasteiger partial charge is 0.261 e. The summed E-state index contributed by atoms with van der Waals surface area (Å²) in [5.74, 6) is 1.33. The third kappa shape index (κ3) is 3.85. The first kappa shape index (κ1) is 11.1. The zero-order chi connectivity index (χ0) is 10.4. The van der Waals surface area contributed by atoms with E-state index in [0.29, 0.717) is 12.3 Å². The summed E-state index contributed by atoms with van der Waals surface area (Å²) < 4.78 is 33.4. The first-order chi connectivity index (χ1) is 6.72. The second kappa shape index (κ2) is 5.72. The van der Waals surface area contributed by atoms with E-state index in [2.05, 4.69) is 5.32 Å². The van der Waals surface area contributed by atoms with Crippen LogP contribution < -0.4 is 5.32 Å². The van der Waals surface area contributed by atoms with Gasteiger partial charge in [-0.3, -0.25) is 0 Å². The van der Waals surface area contributed by atoms with E-state index >= 15 is 0 Å². The third-order valence-electron chi connectivity index (χ3n) is 1.56. The van der Waals surface area contributed by atoms with E-state index in [4.69, 9.17) is 9.15 Å². The van der Waals surface area contributed by atoms with Crippen molar-refractivity contribution < 1.29 is 17.9 Å². The molecule has 3 nitrogen and oxygen atoms in total. The number of hydrogen-bond acceptors (Lipinski definition) is 3. The minimum Gasteiger partial charge on any atom is -0.462 e. The summed E-state index contributed by atoms with van der Waals surface area (Å²) in [6.07, 6.45) is -2.43. The molecule has 0 spiro atoms. The summed E-state index contributed by atoms with van der Waals surface area (Å²) in [7, 11) is 1.80. The molecule has 0 aliphatic rings. The van der Waals surface area contributed by atoms with Gasteiger partial charge in [-0.25, -0.2) is 8.78 Å². The van der Waals surface area contributed by atoms with E-state index < -0.39 is 13.0 Å². The molecule has 1 aromatic rings. The molecule has 1 N–H and O–H groups in total. The van der Waals surface area contributed by atoms with Crippen LogP contribution in [0.15, 0.2) is 16.5 Å². The van der Waals surface area contributed by atoms with E-state index in [1.165, 1.54) is 0 Å². The number of rotatable bonds is 6. The third-order valence-corrected chi connectivity index (χ3v) is 1.56. The van der Waals surface area contributed by atoms with Gasteiger partial charge < -0.3 is 14.5 Å². The van der Waals surface area contributed by atoms with Crippen molar-refractivity contribution in [2.24, 2.45) is 0 Å². The zero-order valence-corrected chi connectivity index (χ0v) is 7.93. The Labute approximate surface area is 81.0 Å². The SMILES string of the molecule is CNCc1ccc(COCC(F)F)o1. The maximum absolute atomic E-state index is 11.7. The maximum Gasteiger partial charge on any atom is 0.261 e. The Morgan fingerprint density at radius 1 is 1.43 bits per heavy atom. The first-order valence-corrected chi connectivity index (χ1v) is 4.30. The van der Waals surface area contributed by atoms with E-state index in [-0.39, 0.29) is 6.61 Å². The second-order valence-electron chi connectivity index (χ2n) is 2.80.